The van der Waals surface area contributed by atoms with Gasteiger partial charge in [-0.1, -0.05) is 115 Å². The van der Waals surface area contributed by atoms with Crippen molar-refractivity contribution < 1.29 is 14.3 Å². The third-order valence-electron chi connectivity index (χ3n) is 8.19. The number of carbonyl (C=O) groups is 2. The molecule has 7 heteroatoms. The van der Waals surface area contributed by atoms with E-state index in [2.05, 4.69) is 83.1 Å². The maximum Gasteiger partial charge on any atom is 0.424 e. The maximum absolute atomic E-state index is 13.1. The Balaban J connectivity index is 0.00000423. The summed E-state index contributed by atoms with van der Waals surface area (Å²) in [5, 5.41) is 1.29. The van der Waals surface area contributed by atoms with Crippen LogP contribution in [-0.4, -0.2) is 48.5 Å². The van der Waals surface area contributed by atoms with E-state index in [-0.39, 0.29) is 25.6 Å². The minimum Gasteiger partial charge on any atom is -0.444 e. The normalized spacial score (nSPS) is 12.9. The quantitative estimate of drug-likeness (QED) is 0.139. The van der Waals surface area contributed by atoms with Crippen molar-refractivity contribution in [3.05, 3.63) is 143 Å². The Morgan fingerprint density at radius 2 is 1.42 bits per heavy atom. The molecule has 224 valence electrons. The van der Waals surface area contributed by atoms with Crippen LogP contribution in [0.2, 0.25) is 0 Å². The Kier molecular flexibility index (Phi) is 11.9. The summed E-state index contributed by atoms with van der Waals surface area (Å²) in [5.74, 6) is 0. The zero-order chi connectivity index (χ0) is 29.0. The molecule has 0 saturated heterocycles. The fourth-order valence-corrected chi connectivity index (χ4v) is 5.92. The Labute approximate surface area is 261 Å². The lowest BCUT2D eigenvalue weighted by Crippen LogP contribution is -2.50. The molecule has 4 aromatic rings. The number of amides is 1. The number of hydrazine groups is 1. The predicted octanol–water partition coefficient (Wildman–Crippen LogP) is 6.58. The van der Waals surface area contributed by atoms with Gasteiger partial charge in [-0.3, -0.25) is 4.90 Å². The van der Waals surface area contributed by atoms with Crippen molar-refractivity contribution in [2.24, 2.45) is 0 Å². The first-order chi connectivity index (χ1) is 20.7. The van der Waals surface area contributed by atoms with Gasteiger partial charge in [0.05, 0.1) is 6.54 Å². The van der Waals surface area contributed by atoms with Crippen molar-refractivity contribution in [1.82, 2.24) is 15.3 Å². The minimum absolute atomic E-state index is 0. The van der Waals surface area contributed by atoms with Crippen LogP contribution in [0.5, 0.6) is 0 Å². The molecule has 43 heavy (non-hydrogen) atoms. The van der Waals surface area contributed by atoms with Crippen LogP contribution in [0, 0.1) is 0 Å². The molecule has 0 saturated carbocycles. The van der Waals surface area contributed by atoms with E-state index in [9.17, 15) is 9.59 Å². The number of nitrogens with zero attached hydrogens (tertiary/aromatic N) is 2. The van der Waals surface area contributed by atoms with E-state index in [0.717, 1.165) is 61.9 Å². The summed E-state index contributed by atoms with van der Waals surface area (Å²) < 4.78 is 5.57. The van der Waals surface area contributed by atoms with Crippen LogP contribution in [-0.2, 0) is 34.5 Å². The predicted molar refractivity (Wildman–Crippen MR) is 173 cm³/mol. The van der Waals surface area contributed by atoms with E-state index >= 15 is 0 Å². The zero-order valence-electron chi connectivity index (χ0n) is 24.4. The summed E-state index contributed by atoms with van der Waals surface area (Å²) >= 11 is 0. The van der Waals surface area contributed by atoms with Crippen molar-refractivity contribution in [3.8, 4) is 0 Å². The number of benzene rings is 4. The summed E-state index contributed by atoms with van der Waals surface area (Å²) in [7, 11) is 0. The minimum atomic E-state index is -0.576. The summed E-state index contributed by atoms with van der Waals surface area (Å²) in [5.41, 5.74) is 8.96. The summed E-state index contributed by atoms with van der Waals surface area (Å²) in [6, 6.07) is 39.2. The molecule has 0 radical (unpaired) electrons. The van der Waals surface area contributed by atoms with E-state index in [1.807, 2.05) is 42.5 Å². The van der Waals surface area contributed by atoms with Crippen LogP contribution in [0.1, 0.15) is 40.7 Å². The Morgan fingerprint density at radius 3 is 2.05 bits per heavy atom. The second-order valence-corrected chi connectivity index (χ2v) is 10.9. The number of nitrogens with one attached hydrogen (secondary N) is 1. The van der Waals surface area contributed by atoms with Crippen molar-refractivity contribution in [2.75, 3.05) is 26.2 Å². The molecular formula is C36H40ClN3O3. The van der Waals surface area contributed by atoms with Gasteiger partial charge in [0, 0.05) is 25.0 Å². The molecule has 0 fully saturated rings. The van der Waals surface area contributed by atoms with E-state index in [4.69, 9.17) is 4.74 Å². The van der Waals surface area contributed by atoms with Crippen LogP contribution < -0.4 is 5.43 Å². The molecule has 0 bridgehead atoms. The first-order valence-electron chi connectivity index (χ1n) is 14.7. The van der Waals surface area contributed by atoms with Gasteiger partial charge in [-0.05, 0) is 53.6 Å². The molecule has 5 rings (SSSR count). The van der Waals surface area contributed by atoms with E-state index < -0.39 is 11.5 Å². The monoisotopic (exact) mass is 597 g/mol. The Morgan fingerprint density at radius 1 is 0.837 bits per heavy atom. The van der Waals surface area contributed by atoms with Crippen LogP contribution >= 0.6 is 12.4 Å². The number of rotatable bonds is 13. The van der Waals surface area contributed by atoms with Gasteiger partial charge in [-0.15, -0.1) is 12.4 Å². The highest BCUT2D eigenvalue weighted by Crippen LogP contribution is 2.37. The number of hydrogen-bond acceptors (Lipinski definition) is 5. The smallest absolute Gasteiger partial charge is 0.424 e. The highest BCUT2D eigenvalue weighted by molar-refractivity contribution is 5.85. The van der Waals surface area contributed by atoms with E-state index in [1.165, 1.54) is 16.1 Å². The number of carbonyl (C=O) groups excluding carboxylic acids is 2. The average molecular weight is 598 g/mol. The molecule has 1 amide bonds. The molecule has 6 nitrogen and oxygen atoms in total. The molecule has 1 heterocycles. The third-order valence-corrected chi connectivity index (χ3v) is 8.19. The van der Waals surface area contributed by atoms with Gasteiger partial charge in [-0.2, -0.15) is 0 Å². The summed E-state index contributed by atoms with van der Waals surface area (Å²) in [6.45, 7) is 3.46. The number of aldehydes is 1. The van der Waals surface area contributed by atoms with Gasteiger partial charge in [0.2, 0.25) is 0 Å². The SMILES string of the molecule is Cl.O=CCN(NCC(CCCN1CCc2ccccc2C1)(c1ccccc1)c1ccccc1)C(=O)OCc1ccccc1. The molecule has 0 aromatic heterocycles. The van der Waals surface area contributed by atoms with Gasteiger partial charge in [0.15, 0.2) is 0 Å². The lowest BCUT2D eigenvalue weighted by Gasteiger charge is -2.38. The topological polar surface area (TPSA) is 61.9 Å². The summed E-state index contributed by atoms with van der Waals surface area (Å²) in [4.78, 5) is 27.2. The van der Waals surface area contributed by atoms with Gasteiger partial charge in [0.25, 0.3) is 0 Å². The van der Waals surface area contributed by atoms with Gasteiger partial charge >= 0.3 is 6.09 Å². The molecule has 1 aliphatic heterocycles. The summed E-state index contributed by atoms with van der Waals surface area (Å²) in [6.07, 6.45) is 3.05. The van der Waals surface area contributed by atoms with Crippen molar-refractivity contribution in [2.45, 2.75) is 37.8 Å². The highest BCUT2D eigenvalue weighted by atomic mass is 35.5. The fourth-order valence-electron chi connectivity index (χ4n) is 5.92. The van der Waals surface area contributed by atoms with Gasteiger partial charge in [-0.25, -0.2) is 15.2 Å². The lowest BCUT2D eigenvalue weighted by atomic mass is 9.71. The Hall–Kier alpha value is -3.97. The highest BCUT2D eigenvalue weighted by Gasteiger charge is 2.35. The zero-order valence-corrected chi connectivity index (χ0v) is 25.3. The maximum atomic E-state index is 13.1. The van der Waals surface area contributed by atoms with Crippen molar-refractivity contribution >= 4 is 24.8 Å². The second kappa shape index (κ2) is 16.0. The number of hydrogen-bond donors (Lipinski definition) is 1. The second-order valence-electron chi connectivity index (χ2n) is 10.9. The third kappa shape index (κ3) is 8.32. The van der Waals surface area contributed by atoms with E-state index in [1.54, 1.807) is 0 Å². The lowest BCUT2D eigenvalue weighted by molar-refractivity contribution is -0.109. The molecule has 0 atom stereocenters. The van der Waals surface area contributed by atoms with Crippen LogP contribution in [0.15, 0.2) is 115 Å². The van der Waals surface area contributed by atoms with Crippen LogP contribution in [0.4, 0.5) is 4.79 Å². The largest absolute Gasteiger partial charge is 0.444 e. The molecule has 0 aliphatic carbocycles. The number of halogens is 1. The average Bonchev–Trinajstić information content (AvgIpc) is 3.06. The molecular weight excluding hydrogens is 558 g/mol. The van der Waals surface area contributed by atoms with Gasteiger partial charge in [0.1, 0.15) is 12.9 Å². The molecule has 1 N–H and O–H groups in total. The molecule has 1 aliphatic rings. The fraction of sp³-hybridized carbons (Fsp3) is 0.278. The van der Waals surface area contributed by atoms with Crippen LogP contribution in [0.25, 0.3) is 0 Å². The Bertz CT molecular complexity index is 1380. The van der Waals surface area contributed by atoms with Crippen molar-refractivity contribution in [1.29, 1.82) is 0 Å². The molecule has 4 aromatic carbocycles. The molecule has 0 unspecified atom stereocenters. The number of ether oxygens (including phenoxy) is 1. The molecule has 0 spiro atoms. The first kappa shape index (κ1) is 32.0. The van der Waals surface area contributed by atoms with E-state index in [0.29, 0.717) is 6.54 Å². The van der Waals surface area contributed by atoms with Crippen molar-refractivity contribution in [3.63, 3.8) is 0 Å². The first-order valence-corrected chi connectivity index (χ1v) is 14.7. The van der Waals surface area contributed by atoms with Crippen LogP contribution in [0.3, 0.4) is 0 Å². The standard InChI is InChI=1S/C36H39N3O3.ClH/c40-26-25-39(35(41)42-28-30-13-4-1-5-14-30)37-29-36(33-17-6-2-7-18-33,34-19-8-3-9-20-34)22-12-23-38-24-21-31-15-10-11-16-32(31)27-38;/h1-11,13-20,26,37H,12,21-25,27-29H2;1H. The van der Waals surface area contributed by atoms with Gasteiger partial charge < -0.3 is 9.53 Å². The number of fused-ring (bicyclic) bond motifs is 1.